The third-order valence-electron chi connectivity index (χ3n) is 3.63. The van der Waals surface area contributed by atoms with Crippen molar-refractivity contribution < 1.29 is 19.0 Å². The molecule has 0 aromatic heterocycles. The second-order valence-electron chi connectivity index (χ2n) is 5.21. The third-order valence-corrected chi connectivity index (χ3v) is 3.63. The molecule has 4 heteroatoms. The van der Waals surface area contributed by atoms with E-state index in [2.05, 4.69) is 0 Å². The molecule has 0 fully saturated rings. The van der Waals surface area contributed by atoms with E-state index in [0.29, 0.717) is 5.56 Å². The van der Waals surface area contributed by atoms with Crippen LogP contribution in [0, 0.1) is 0 Å². The second-order valence-corrected chi connectivity index (χ2v) is 5.21. The van der Waals surface area contributed by atoms with Crippen molar-refractivity contribution >= 4 is 5.97 Å². The summed E-state index contributed by atoms with van der Waals surface area (Å²) >= 11 is 0. The highest BCUT2D eigenvalue weighted by atomic mass is 16.7. The number of ether oxygens (including phenoxy) is 3. The van der Waals surface area contributed by atoms with Crippen molar-refractivity contribution in [3.63, 3.8) is 0 Å². The van der Waals surface area contributed by atoms with Gasteiger partial charge < -0.3 is 14.2 Å². The maximum atomic E-state index is 12.1. The molecule has 0 amide bonds. The van der Waals surface area contributed by atoms with Gasteiger partial charge in [0.1, 0.15) is 12.7 Å². The molecule has 3 rings (SSSR count). The van der Waals surface area contributed by atoms with Crippen molar-refractivity contribution in [1.29, 1.82) is 0 Å². The van der Waals surface area contributed by atoms with E-state index in [4.69, 9.17) is 14.2 Å². The van der Waals surface area contributed by atoms with Gasteiger partial charge in [0, 0.05) is 7.11 Å². The highest BCUT2D eigenvalue weighted by Gasteiger charge is 2.20. The van der Waals surface area contributed by atoms with Gasteiger partial charge in [0.2, 0.25) is 0 Å². The molecule has 0 saturated heterocycles. The number of carbonyl (C=O) groups is 1. The van der Waals surface area contributed by atoms with E-state index in [9.17, 15) is 4.79 Å². The Kier molecular flexibility index (Phi) is 4.86. The predicted molar refractivity (Wildman–Crippen MR) is 87.0 cm³/mol. The minimum Gasteiger partial charge on any atom is -0.459 e. The molecule has 2 aromatic rings. The Morgan fingerprint density at radius 2 is 1.70 bits per heavy atom. The monoisotopic (exact) mass is 310 g/mol. The maximum absolute atomic E-state index is 12.1. The van der Waals surface area contributed by atoms with E-state index >= 15 is 0 Å². The predicted octanol–water partition coefficient (Wildman–Crippen LogP) is 3.44. The Morgan fingerprint density at radius 3 is 2.35 bits per heavy atom. The first-order valence-corrected chi connectivity index (χ1v) is 7.45. The summed E-state index contributed by atoms with van der Waals surface area (Å²) in [5.74, 6) is -0.359. The maximum Gasteiger partial charge on any atom is 0.338 e. The molecule has 1 aliphatic heterocycles. The van der Waals surface area contributed by atoms with E-state index in [0.717, 1.165) is 11.1 Å². The number of methoxy groups -OCH3 is 1. The number of carbonyl (C=O) groups excluding carboxylic acids is 1. The van der Waals surface area contributed by atoms with Crippen molar-refractivity contribution in [1.82, 2.24) is 0 Å². The molecule has 0 radical (unpaired) electrons. The topological polar surface area (TPSA) is 44.8 Å². The number of hydrogen-bond acceptors (Lipinski definition) is 4. The van der Waals surface area contributed by atoms with Crippen LogP contribution in [0.15, 0.2) is 66.7 Å². The lowest BCUT2D eigenvalue weighted by molar-refractivity contribution is -0.109. The van der Waals surface area contributed by atoms with Crippen LogP contribution >= 0.6 is 0 Å². The van der Waals surface area contributed by atoms with Gasteiger partial charge in [0.25, 0.3) is 0 Å². The van der Waals surface area contributed by atoms with Gasteiger partial charge in [0.05, 0.1) is 5.56 Å². The van der Waals surface area contributed by atoms with Gasteiger partial charge in [-0.1, -0.05) is 48.5 Å². The summed E-state index contributed by atoms with van der Waals surface area (Å²) in [6.45, 7) is 0.176. The molecule has 0 aliphatic carbocycles. The molecule has 0 bridgehead atoms. The summed E-state index contributed by atoms with van der Waals surface area (Å²) in [6.07, 6.45) is 3.02. The SMILES string of the molecule is CO[C@H]1C=C[C@@H](COC(=O)c2ccc(-c3ccccc3)cc2)O1. The molecule has 0 N–H and O–H groups in total. The molecule has 2 aromatic carbocycles. The summed E-state index contributed by atoms with van der Waals surface area (Å²) < 4.78 is 15.8. The average molecular weight is 310 g/mol. The molecular weight excluding hydrogens is 292 g/mol. The first-order valence-electron chi connectivity index (χ1n) is 7.45. The van der Waals surface area contributed by atoms with Gasteiger partial charge in [-0.05, 0) is 29.3 Å². The highest BCUT2D eigenvalue weighted by molar-refractivity contribution is 5.90. The average Bonchev–Trinajstić information content (AvgIpc) is 3.09. The normalized spacial score (nSPS) is 19.7. The van der Waals surface area contributed by atoms with Crippen LogP contribution in [-0.4, -0.2) is 32.1 Å². The summed E-state index contributed by atoms with van der Waals surface area (Å²) in [6, 6.07) is 17.4. The van der Waals surface area contributed by atoms with Gasteiger partial charge >= 0.3 is 5.97 Å². The minimum atomic E-state index is -0.359. The van der Waals surface area contributed by atoms with E-state index in [1.807, 2.05) is 48.5 Å². The fourth-order valence-electron chi connectivity index (χ4n) is 2.38. The first-order chi connectivity index (χ1) is 11.3. The minimum absolute atomic E-state index is 0.176. The number of esters is 1. The number of rotatable bonds is 5. The van der Waals surface area contributed by atoms with Crippen molar-refractivity contribution in [2.45, 2.75) is 12.4 Å². The smallest absolute Gasteiger partial charge is 0.338 e. The van der Waals surface area contributed by atoms with Crippen LogP contribution < -0.4 is 0 Å². The van der Waals surface area contributed by atoms with Crippen LogP contribution in [0.4, 0.5) is 0 Å². The van der Waals surface area contributed by atoms with Gasteiger partial charge in [-0.3, -0.25) is 0 Å². The van der Waals surface area contributed by atoms with Crippen molar-refractivity contribution in [3.8, 4) is 11.1 Å². The first kappa shape index (κ1) is 15.5. The number of benzene rings is 2. The van der Waals surface area contributed by atoms with Crippen LogP contribution in [0.3, 0.4) is 0 Å². The quantitative estimate of drug-likeness (QED) is 0.627. The molecule has 0 saturated carbocycles. The Morgan fingerprint density at radius 1 is 1.00 bits per heavy atom. The van der Waals surface area contributed by atoms with Gasteiger partial charge in [-0.2, -0.15) is 0 Å². The van der Waals surface area contributed by atoms with E-state index in [1.54, 1.807) is 25.3 Å². The lowest BCUT2D eigenvalue weighted by Crippen LogP contribution is -2.21. The zero-order valence-corrected chi connectivity index (χ0v) is 12.8. The van der Waals surface area contributed by atoms with Crippen molar-refractivity contribution in [2.24, 2.45) is 0 Å². The fourth-order valence-corrected chi connectivity index (χ4v) is 2.38. The van der Waals surface area contributed by atoms with Crippen molar-refractivity contribution in [2.75, 3.05) is 13.7 Å². The fraction of sp³-hybridized carbons (Fsp3) is 0.211. The largest absolute Gasteiger partial charge is 0.459 e. The van der Waals surface area contributed by atoms with Crippen molar-refractivity contribution in [3.05, 3.63) is 72.3 Å². The van der Waals surface area contributed by atoms with E-state index in [-0.39, 0.29) is 25.0 Å². The molecule has 0 unspecified atom stereocenters. The molecule has 23 heavy (non-hydrogen) atoms. The summed E-state index contributed by atoms with van der Waals surface area (Å²) in [5.41, 5.74) is 2.70. The number of hydrogen-bond donors (Lipinski definition) is 0. The molecule has 1 heterocycles. The molecule has 2 atom stereocenters. The standard InChI is InChI=1S/C19H18O4/c1-21-18-12-11-17(23-18)13-22-19(20)16-9-7-15(8-10-16)14-5-3-2-4-6-14/h2-12,17-18H,13H2,1H3/t17-,18+/m0/s1. The van der Waals surface area contributed by atoms with Gasteiger partial charge in [-0.15, -0.1) is 0 Å². The summed E-state index contributed by atoms with van der Waals surface area (Å²) in [7, 11) is 1.57. The van der Waals surface area contributed by atoms with E-state index < -0.39 is 0 Å². The lowest BCUT2D eigenvalue weighted by Gasteiger charge is -2.13. The van der Waals surface area contributed by atoms with Crippen LogP contribution in [0.1, 0.15) is 10.4 Å². The van der Waals surface area contributed by atoms with Crippen LogP contribution in [0.25, 0.3) is 11.1 Å². The van der Waals surface area contributed by atoms with Gasteiger partial charge in [-0.25, -0.2) is 4.79 Å². The Labute approximate surface area is 135 Å². The molecule has 0 spiro atoms. The Bertz CT molecular complexity index is 676. The Hall–Kier alpha value is -2.43. The Balaban J connectivity index is 1.57. The van der Waals surface area contributed by atoms with Crippen LogP contribution in [0.2, 0.25) is 0 Å². The molecule has 1 aliphatic rings. The second kappa shape index (κ2) is 7.22. The van der Waals surface area contributed by atoms with E-state index in [1.165, 1.54) is 0 Å². The highest BCUT2D eigenvalue weighted by Crippen LogP contribution is 2.20. The van der Waals surface area contributed by atoms with Crippen LogP contribution in [-0.2, 0) is 14.2 Å². The zero-order valence-electron chi connectivity index (χ0n) is 12.8. The van der Waals surface area contributed by atoms with Crippen LogP contribution in [0.5, 0.6) is 0 Å². The van der Waals surface area contributed by atoms with Gasteiger partial charge in [0.15, 0.2) is 6.29 Å². The lowest BCUT2D eigenvalue weighted by atomic mass is 10.0. The summed E-state index contributed by atoms with van der Waals surface area (Å²) in [4.78, 5) is 12.1. The molecule has 4 nitrogen and oxygen atoms in total. The zero-order chi connectivity index (χ0) is 16.1. The third kappa shape index (κ3) is 3.86. The molecule has 118 valence electrons. The summed E-state index contributed by atoms with van der Waals surface area (Å²) in [5, 5.41) is 0. The molecular formula is C19H18O4.